The molecular weight excluding hydrogens is 454 g/mol. The smallest absolute Gasteiger partial charge is 0.391 e. The minimum absolute atomic E-state index is 0.00288. The first kappa shape index (κ1) is 23.4. The van der Waals surface area contributed by atoms with Gasteiger partial charge in [-0.25, -0.2) is 9.97 Å². The molecule has 0 amide bonds. The molecule has 3 heterocycles. The number of benzene rings is 1. The molecule has 178 valence electrons. The van der Waals surface area contributed by atoms with Crippen LogP contribution in [0.15, 0.2) is 48.8 Å². The molecule has 1 saturated heterocycles. The van der Waals surface area contributed by atoms with Crippen molar-refractivity contribution in [2.45, 2.75) is 19.0 Å². The van der Waals surface area contributed by atoms with E-state index < -0.39 is 18.1 Å². The van der Waals surface area contributed by atoms with Gasteiger partial charge in [0.2, 0.25) is 11.8 Å². The molecule has 0 unspecified atom stereocenters. The van der Waals surface area contributed by atoms with Gasteiger partial charge in [-0.3, -0.25) is 4.79 Å². The zero-order valence-electron chi connectivity index (χ0n) is 18.1. The number of anilines is 3. The Morgan fingerprint density at radius 3 is 2.41 bits per heavy atom. The Labute approximate surface area is 192 Å². The molecule has 1 aliphatic heterocycles. The van der Waals surface area contributed by atoms with Crippen LogP contribution in [-0.4, -0.2) is 47.4 Å². The van der Waals surface area contributed by atoms with Gasteiger partial charge in [0, 0.05) is 31.0 Å². The van der Waals surface area contributed by atoms with Crippen molar-refractivity contribution in [1.82, 2.24) is 15.0 Å². The van der Waals surface area contributed by atoms with Crippen molar-refractivity contribution < 1.29 is 27.1 Å². The maximum Gasteiger partial charge on any atom is 0.391 e. The predicted octanol–water partition coefficient (Wildman–Crippen LogP) is 5.18. The number of piperidine rings is 1. The van der Waals surface area contributed by atoms with Crippen LogP contribution in [-0.2, 0) is 0 Å². The summed E-state index contributed by atoms with van der Waals surface area (Å²) in [5.74, 6) is -0.260. The summed E-state index contributed by atoms with van der Waals surface area (Å²) in [5.41, 5.74) is 1.84. The van der Waals surface area contributed by atoms with Crippen LogP contribution >= 0.6 is 0 Å². The molecule has 1 fully saturated rings. The maximum absolute atomic E-state index is 12.9. The van der Waals surface area contributed by atoms with E-state index in [-0.39, 0.29) is 31.5 Å². The maximum atomic E-state index is 12.9. The van der Waals surface area contributed by atoms with Crippen molar-refractivity contribution in [3.63, 3.8) is 0 Å². The van der Waals surface area contributed by atoms with Crippen molar-refractivity contribution >= 4 is 23.5 Å². The number of aromatic nitrogens is 3. The van der Waals surface area contributed by atoms with E-state index in [0.717, 1.165) is 0 Å². The van der Waals surface area contributed by atoms with E-state index in [4.69, 9.17) is 4.74 Å². The van der Waals surface area contributed by atoms with Crippen LogP contribution in [0.4, 0.5) is 35.0 Å². The molecule has 1 aliphatic rings. The van der Waals surface area contributed by atoms with Gasteiger partial charge in [-0.1, -0.05) is 12.1 Å². The number of carbonyl (C=O) groups is 1. The molecule has 2 aromatic heterocycles. The standard InChI is InChI=1S/C23H21F4N5O2/c1-34-21-18(12-16(13-29-21)14-2-4-15(5-3-14)20(24)33)30-19-6-9-28-22(31-19)32-10-7-17(8-11-32)23(25,26)27/h2-6,9,12-13,17H,7-8,10-11H2,1H3,(H,28,30,31). The third-order valence-electron chi connectivity index (χ3n) is 5.64. The number of hydrogen-bond acceptors (Lipinski definition) is 7. The predicted molar refractivity (Wildman–Crippen MR) is 118 cm³/mol. The third-order valence-corrected chi connectivity index (χ3v) is 5.64. The first-order valence-electron chi connectivity index (χ1n) is 10.5. The molecule has 4 rings (SSSR count). The van der Waals surface area contributed by atoms with Crippen molar-refractivity contribution in [2.24, 2.45) is 5.92 Å². The second-order valence-electron chi connectivity index (χ2n) is 7.80. The lowest BCUT2D eigenvalue weighted by Crippen LogP contribution is -2.39. The molecule has 7 nitrogen and oxygen atoms in total. The number of hydrogen-bond donors (Lipinski definition) is 1. The normalized spacial score (nSPS) is 14.7. The lowest BCUT2D eigenvalue weighted by Gasteiger charge is -2.32. The Morgan fingerprint density at radius 2 is 1.79 bits per heavy atom. The Balaban J connectivity index is 1.53. The Hall–Kier alpha value is -3.76. The number of nitrogens with one attached hydrogen (secondary N) is 1. The number of carbonyl (C=O) groups excluding carboxylic acids is 1. The Morgan fingerprint density at radius 1 is 1.09 bits per heavy atom. The van der Waals surface area contributed by atoms with Crippen molar-refractivity contribution in [2.75, 3.05) is 30.4 Å². The van der Waals surface area contributed by atoms with Crippen LogP contribution in [0.1, 0.15) is 23.2 Å². The summed E-state index contributed by atoms with van der Waals surface area (Å²) in [6.07, 6.45) is -1.09. The van der Waals surface area contributed by atoms with E-state index in [1.54, 1.807) is 35.4 Å². The topological polar surface area (TPSA) is 80.2 Å². The molecule has 0 spiro atoms. The summed E-state index contributed by atoms with van der Waals surface area (Å²) in [5, 5.41) is 3.12. The summed E-state index contributed by atoms with van der Waals surface area (Å²) < 4.78 is 57.0. The highest BCUT2D eigenvalue weighted by Crippen LogP contribution is 2.35. The van der Waals surface area contributed by atoms with E-state index >= 15 is 0 Å². The second-order valence-corrected chi connectivity index (χ2v) is 7.80. The van der Waals surface area contributed by atoms with Gasteiger partial charge in [-0.15, -0.1) is 0 Å². The fourth-order valence-corrected chi connectivity index (χ4v) is 3.77. The number of nitrogens with zero attached hydrogens (tertiary/aromatic N) is 4. The second kappa shape index (κ2) is 9.62. The highest BCUT2D eigenvalue weighted by Gasteiger charge is 2.41. The van der Waals surface area contributed by atoms with Gasteiger partial charge in [0.25, 0.3) is 0 Å². The molecule has 0 bridgehead atoms. The summed E-state index contributed by atoms with van der Waals surface area (Å²) in [6, 6.07) is 7.85. The van der Waals surface area contributed by atoms with E-state index in [1.807, 2.05) is 0 Å². The number of alkyl halides is 3. The molecule has 1 aromatic carbocycles. The monoisotopic (exact) mass is 475 g/mol. The molecule has 0 aliphatic carbocycles. The zero-order valence-corrected chi connectivity index (χ0v) is 18.1. The highest BCUT2D eigenvalue weighted by atomic mass is 19.4. The fourth-order valence-electron chi connectivity index (χ4n) is 3.77. The lowest BCUT2D eigenvalue weighted by molar-refractivity contribution is -0.179. The molecule has 34 heavy (non-hydrogen) atoms. The summed E-state index contributed by atoms with van der Waals surface area (Å²) >= 11 is 0. The molecule has 1 N–H and O–H groups in total. The quantitative estimate of drug-likeness (QED) is 0.389. The first-order valence-corrected chi connectivity index (χ1v) is 10.5. The van der Waals surface area contributed by atoms with Gasteiger partial charge in [-0.05, 0) is 42.7 Å². The van der Waals surface area contributed by atoms with Crippen molar-refractivity contribution in [3.8, 4) is 17.0 Å². The number of halogens is 4. The minimum atomic E-state index is -4.19. The van der Waals surface area contributed by atoms with Crippen molar-refractivity contribution in [1.29, 1.82) is 0 Å². The van der Waals surface area contributed by atoms with Crippen LogP contribution in [0.5, 0.6) is 5.88 Å². The SMILES string of the molecule is COc1ncc(-c2ccc(C(=O)F)cc2)cc1Nc1ccnc(N2CCC(C(F)(F)F)CC2)n1. The minimum Gasteiger partial charge on any atom is -0.480 e. The van der Waals surface area contributed by atoms with Gasteiger partial charge in [0.05, 0.1) is 18.6 Å². The van der Waals surface area contributed by atoms with Crippen LogP contribution in [0.3, 0.4) is 0 Å². The number of rotatable bonds is 6. The highest BCUT2D eigenvalue weighted by molar-refractivity contribution is 5.89. The van der Waals surface area contributed by atoms with E-state index in [0.29, 0.717) is 34.5 Å². The Bertz CT molecular complexity index is 1160. The third kappa shape index (κ3) is 5.24. The van der Waals surface area contributed by atoms with Crippen LogP contribution < -0.4 is 15.0 Å². The zero-order chi connectivity index (χ0) is 24.3. The number of pyridine rings is 1. The molecular formula is C23H21F4N5O2. The van der Waals surface area contributed by atoms with Crippen LogP contribution in [0, 0.1) is 5.92 Å². The number of ether oxygens (including phenoxy) is 1. The summed E-state index contributed by atoms with van der Waals surface area (Å²) in [6.45, 7) is 0.427. The molecule has 0 atom stereocenters. The largest absolute Gasteiger partial charge is 0.480 e. The van der Waals surface area contributed by atoms with Gasteiger partial charge < -0.3 is 15.0 Å². The summed E-state index contributed by atoms with van der Waals surface area (Å²) in [4.78, 5) is 25.5. The van der Waals surface area contributed by atoms with E-state index in [2.05, 4.69) is 20.3 Å². The van der Waals surface area contributed by atoms with Crippen LogP contribution in [0.2, 0.25) is 0 Å². The molecule has 11 heteroatoms. The lowest BCUT2D eigenvalue weighted by atomic mass is 9.96. The van der Waals surface area contributed by atoms with Gasteiger partial charge >= 0.3 is 12.2 Å². The van der Waals surface area contributed by atoms with E-state index in [1.165, 1.54) is 25.4 Å². The molecule has 0 radical (unpaired) electrons. The summed E-state index contributed by atoms with van der Waals surface area (Å²) in [7, 11) is 1.46. The molecule has 3 aromatic rings. The molecule has 0 saturated carbocycles. The van der Waals surface area contributed by atoms with Gasteiger partial charge in [-0.2, -0.15) is 22.5 Å². The fraction of sp³-hybridized carbons (Fsp3) is 0.304. The average molecular weight is 475 g/mol. The Kier molecular flexibility index (Phi) is 6.62. The van der Waals surface area contributed by atoms with Gasteiger partial charge in [0.1, 0.15) is 11.5 Å². The average Bonchev–Trinajstić information content (AvgIpc) is 2.84. The number of methoxy groups -OCH3 is 1. The first-order chi connectivity index (χ1) is 16.2. The van der Waals surface area contributed by atoms with Crippen LogP contribution in [0.25, 0.3) is 11.1 Å². The van der Waals surface area contributed by atoms with Crippen molar-refractivity contribution in [3.05, 3.63) is 54.4 Å². The van der Waals surface area contributed by atoms with Gasteiger partial charge in [0.15, 0.2) is 0 Å². The van der Waals surface area contributed by atoms with E-state index in [9.17, 15) is 22.4 Å².